The molecule has 1 heterocycles. The summed E-state index contributed by atoms with van der Waals surface area (Å²) in [4.78, 5) is 0. The van der Waals surface area contributed by atoms with Crippen molar-refractivity contribution in [3.8, 4) is 11.3 Å². The number of nitrogens with zero attached hydrogens (tertiary/aromatic N) is 1. The van der Waals surface area contributed by atoms with Crippen LogP contribution in [0.25, 0.3) is 11.3 Å². The van der Waals surface area contributed by atoms with E-state index in [4.69, 9.17) is 5.11 Å². The fourth-order valence-electron chi connectivity index (χ4n) is 1.72. The molecule has 0 amide bonds. The fraction of sp³-hybridized carbons (Fsp3) is 0.308. The molecule has 0 aliphatic carbocycles. The van der Waals surface area contributed by atoms with Gasteiger partial charge in [0.2, 0.25) is 0 Å². The summed E-state index contributed by atoms with van der Waals surface area (Å²) in [6, 6.07) is 10.3. The molecule has 1 aromatic heterocycles. The molecule has 0 unspecified atom stereocenters. The Kier molecular flexibility index (Phi) is 3.37. The van der Waals surface area contributed by atoms with Crippen LogP contribution in [0, 0.1) is 0 Å². The first kappa shape index (κ1) is 10.9. The van der Waals surface area contributed by atoms with Gasteiger partial charge in [-0.05, 0) is 18.1 Å². The molecule has 0 aliphatic rings. The van der Waals surface area contributed by atoms with Crippen LogP contribution in [0.15, 0.2) is 30.3 Å². The van der Waals surface area contributed by atoms with Gasteiger partial charge in [-0.25, -0.2) is 0 Å². The Labute approximate surface area is 95.1 Å². The van der Waals surface area contributed by atoms with Crippen molar-refractivity contribution in [2.45, 2.75) is 26.4 Å². The largest absolute Gasteiger partial charge is 0.390 e. The lowest BCUT2D eigenvalue weighted by atomic mass is 10.1. The number of hydrogen-bond donors (Lipinski definition) is 2. The summed E-state index contributed by atoms with van der Waals surface area (Å²) < 4.78 is 0. The number of aromatic amines is 1. The van der Waals surface area contributed by atoms with Crippen LogP contribution < -0.4 is 0 Å². The first-order chi connectivity index (χ1) is 7.83. The van der Waals surface area contributed by atoms with Crippen molar-refractivity contribution in [3.05, 3.63) is 41.6 Å². The number of H-pyrrole nitrogens is 1. The third-order valence-electron chi connectivity index (χ3n) is 2.59. The molecule has 84 valence electrons. The van der Waals surface area contributed by atoms with Gasteiger partial charge < -0.3 is 5.11 Å². The molecule has 0 radical (unpaired) electrons. The van der Waals surface area contributed by atoms with Gasteiger partial charge in [0.25, 0.3) is 0 Å². The van der Waals surface area contributed by atoms with Crippen LogP contribution in [0.1, 0.15) is 24.6 Å². The number of aromatic nitrogens is 2. The number of nitrogens with one attached hydrogen (secondary N) is 1. The molecule has 0 spiro atoms. The van der Waals surface area contributed by atoms with E-state index in [0.717, 1.165) is 29.8 Å². The lowest BCUT2D eigenvalue weighted by Crippen LogP contribution is -1.83. The van der Waals surface area contributed by atoms with Crippen LogP contribution in [0.4, 0.5) is 0 Å². The van der Waals surface area contributed by atoms with Gasteiger partial charge in [-0.2, -0.15) is 5.10 Å². The first-order valence-electron chi connectivity index (χ1n) is 5.58. The molecule has 0 atom stereocenters. The van der Waals surface area contributed by atoms with Gasteiger partial charge in [0.1, 0.15) is 0 Å². The van der Waals surface area contributed by atoms with Crippen LogP contribution in [-0.4, -0.2) is 15.3 Å². The minimum absolute atomic E-state index is 0.000911. The molecule has 16 heavy (non-hydrogen) atoms. The highest BCUT2D eigenvalue weighted by atomic mass is 16.3. The predicted molar refractivity (Wildman–Crippen MR) is 63.9 cm³/mol. The van der Waals surface area contributed by atoms with Crippen molar-refractivity contribution in [1.82, 2.24) is 10.2 Å². The zero-order valence-electron chi connectivity index (χ0n) is 9.40. The maximum Gasteiger partial charge on any atom is 0.0924 e. The standard InChI is InChI=1S/C13H16N2O/c1-2-3-10-4-6-11(7-5-10)13-8-12(9-16)14-15-13/h4-8,16H,2-3,9H2,1H3,(H,14,15). The third kappa shape index (κ3) is 2.31. The normalized spacial score (nSPS) is 10.6. The molecule has 0 saturated carbocycles. The lowest BCUT2D eigenvalue weighted by Gasteiger charge is -2.00. The Balaban J connectivity index is 2.20. The van der Waals surface area contributed by atoms with Crippen LogP contribution in [0.5, 0.6) is 0 Å². The topological polar surface area (TPSA) is 48.9 Å². The quantitative estimate of drug-likeness (QED) is 0.825. The van der Waals surface area contributed by atoms with Crippen LogP contribution in [-0.2, 0) is 13.0 Å². The van der Waals surface area contributed by atoms with E-state index in [1.165, 1.54) is 5.56 Å². The summed E-state index contributed by atoms with van der Waals surface area (Å²) >= 11 is 0. The minimum Gasteiger partial charge on any atom is -0.390 e. The maximum absolute atomic E-state index is 8.94. The van der Waals surface area contributed by atoms with Gasteiger partial charge in [0, 0.05) is 5.56 Å². The van der Waals surface area contributed by atoms with E-state index < -0.39 is 0 Å². The molecule has 1 aromatic carbocycles. The summed E-state index contributed by atoms with van der Waals surface area (Å²) in [6.45, 7) is 2.18. The SMILES string of the molecule is CCCc1ccc(-c2cc(CO)[nH]n2)cc1. The maximum atomic E-state index is 8.94. The van der Waals surface area contributed by atoms with Gasteiger partial charge in [-0.1, -0.05) is 37.6 Å². The van der Waals surface area contributed by atoms with Gasteiger partial charge in [0.05, 0.1) is 18.0 Å². The van der Waals surface area contributed by atoms with Crippen molar-refractivity contribution in [3.63, 3.8) is 0 Å². The summed E-state index contributed by atoms with van der Waals surface area (Å²) in [5.41, 5.74) is 4.06. The second-order valence-corrected chi connectivity index (χ2v) is 3.88. The zero-order valence-corrected chi connectivity index (χ0v) is 9.40. The summed E-state index contributed by atoms with van der Waals surface area (Å²) in [5.74, 6) is 0. The molecule has 3 nitrogen and oxygen atoms in total. The number of aliphatic hydroxyl groups is 1. The smallest absolute Gasteiger partial charge is 0.0924 e. The van der Waals surface area contributed by atoms with Crippen LogP contribution in [0.3, 0.4) is 0 Å². The molecular formula is C13H16N2O. The second kappa shape index (κ2) is 4.94. The zero-order chi connectivity index (χ0) is 11.4. The third-order valence-corrected chi connectivity index (χ3v) is 2.59. The van der Waals surface area contributed by atoms with Crippen molar-refractivity contribution >= 4 is 0 Å². The highest BCUT2D eigenvalue weighted by Gasteiger charge is 2.02. The van der Waals surface area contributed by atoms with Crippen molar-refractivity contribution in [2.24, 2.45) is 0 Å². The van der Waals surface area contributed by atoms with Crippen molar-refractivity contribution in [1.29, 1.82) is 0 Å². The van der Waals surface area contributed by atoms with Gasteiger partial charge in [-0.15, -0.1) is 0 Å². The van der Waals surface area contributed by atoms with E-state index in [1.807, 2.05) is 6.07 Å². The monoisotopic (exact) mass is 216 g/mol. The molecule has 0 saturated heterocycles. The molecule has 2 N–H and O–H groups in total. The highest BCUT2D eigenvalue weighted by molar-refractivity contribution is 5.59. The molecular weight excluding hydrogens is 200 g/mol. The van der Waals surface area contributed by atoms with Gasteiger partial charge >= 0.3 is 0 Å². The predicted octanol–water partition coefficient (Wildman–Crippen LogP) is 2.52. The van der Waals surface area contributed by atoms with Gasteiger partial charge in [-0.3, -0.25) is 5.10 Å². The lowest BCUT2D eigenvalue weighted by molar-refractivity contribution is 0.276. The molecule has 2 aromatic rings. The van der Waals surface area contributed by atoms with E-state index >= 15 is 0 Å². The van der Waals surface area contributed by atoms with E-state index in [0.29, 0.717) is 0 Å². The fourth-order valence-corrected chi connectivity index (χ4v) is 1.72. The molecule has 0 bridgehead atoms. The Morgan fingerprint density at radius 2 is 2.00 bits per heavy atom. The van der Waals surface area contributed by atoms with E-state index in [2.05, 4.69) is 41.4 Å². The number of hydrogen-bond acceptors (Lipinski definition) is 2. The molecule has 0 aliphatic heterocycles. The summed E-state index contributed by atoms with van der Waals surface area (Å²) in [5, 5.41) is 15.9. The number of benzene rings is 1. The van der Waals surface area contributed by atoms with E-state index in [-0.39, 0.29) is 6.61 Å². The Morgan fingerprint density at radius 1 is 1.25 bits per heavy atom. The Hall–Kier alpha value is -1.61. The molecule has 2 rings (SSSR count). The van der Waals surface area contributed by atoms with Crippen LogP contribution >= 0.6 is 0 Å². The summed E-state index contributed by atoms with van der Waals surface area (Å²) in [6.07, 6.45) is 2.28. The average Bonchev–Trinajstić information content (AvgIpc) is 2.79. The first-order valence-corrected chi connectivity index (χ1v) is 5.58. The number of rotatable bonds is 4. The number of aryl methyl sites for hydroxylation is 1. The second-order valence-electron chi connectivity index (χ2n) is 3.88. The Morgan fingerprint density at radius 3 is 2.56 bits per heavy atom. The molecule has 3 heteroatoms. The highest BCUT2D eigenvalue weighted by Crippen LogP contribution is 2.18. The van der Waals surface area contributed by atoms with Crippen molar-refractivity contribution in [2.75, 3.05) is 0 Å². The van der Waals surface area contributed by atoms with E-state index in [9.17, 15) is 0 Å². The van der Waals surface area contributed by atoms with Gasteiger partial charge in [0.15, 0.2) is 0 Å². The molecule has 0 fully saturated rings. The minimum atomic E-state index is 0.000911. The number of aliphatic hydroxyl groups excluding tert-OH is 1. The van der Waals surface area contributed by atoms with Crippen molar-refractivity contribution < 1.29 is 5.11 Å². The average molecular weight is 216 g/mol. The summed E-state index contributed by atoms with van der Waals surface area (Å²) in [7, 11) is 0. The van der Waals surface area contributed by atoms with E-state index in [1.54, 1.807) is 0 Å². The van der Waals surface area contributed by atoms with Crippen LogP contribution in [0.2, 0.25) is 0 Å². The Bertz CT molecular complexity index is 445.